The number of carbonyl (C=O) groups excluding carboxylic acids is 3. The van der Waals surface area contributed by atoms with Gasteiger partial charge in [0.1, 0.15) is 23.7 Å². The van der Waals surface area contributed by atoms with Gasteiger partial charge in [0.2, 0.25) is 5.91 Å². The number of esters is 1. The average Bonchev–Trinajstić information content (AvgIpc) is 2.85. The summed E-state index contributed by atoms with van der Waals surface area (Å²) >= 11 is 0. The maximum Gasteiger partial charge on any atom is 0.328 e. The number of nitrogens with one attached hydrogen (secondary N) is 2. The summed E-state index contributed by atoms with van der Waals surface area (Å²) < 4.78 is 18.1. The van der Waals surface area contributed by atoms with Crippen LogP contribution in [0.1, 0.15) is 21.5 Å². The Labute approximate surface area is 196 Å². The molecule has 0 fully saturated rings. The molecule has 8 heteroatoms. The van der Waals surface area contributed by atoms with Crippen LogP contribution >= 0.6 is 0 Å². The lowest BCUT2D eigenvalue weighted by molar-refractivity contribution is -0.145. The molecule has 0 unspecified atom stereocenters. The van der Waals surface area contributed by atoms with Crippen molar-refractivity contribution in [3.63, 3.8) is 0 Å². The standard InChI is InChI=1S/C26H25FN2O5/c1-34-26(33)23(16-17-5-3-2-4-6-17)29-25(32)22(15-18-7-13-21(30)14-8-18)28-24(31)19-9-11-20(27)12-10-19/h2-14,22-23,30H,15-16H2,1H3,(H,28,31)(H,29,32)/t22-,23-/m0/s1. The van der Waals surface area contributed by atoms with E-state index in [0.717, 1.165) is 17.7 Å². The maximum atomic E-state index is 13.2. The summed E-state index contributed by atoms with van der Waals surface area (Å²) in [5.41, 5.74) is 1.68. The highest BCUT2D eigenvalue weighted by molar-refractivity contribution is 5.98. The topological polar surface area (TPSA) is 105 Å². The summed E-state index contributed by atoms with van der Waals surface area (Å²) in [5, 5.41) is 14.9. The maximum absolute atomic E-state index is 13.2. The second kappa shape index (κ2) is 11.6. The van der Waals surface area contributed by atoms with E-state index in [9.17, 15) is 23.9 Å². The van der Waals surface area contributed by atoms with Gasteiger partial charge < -0.3 is 20.5 Å². The van der Waals surface area contributed by atoms with Gasteiger partial charge >= 0.3 is 5.97 Å². The summed E-state index contributed by atoms with van der Waals surface area (Å²) in [5.74, 6) is -2.21. The van der Waals surface area contributed by atoms with Crippen molar-refractivity contribution in [3.8, 4) is 5.75 Å². The molecule has 3 aromatic carbocycles. The molecule has 0 aromatic heterocycles. The third-order valence-corrected chi connectivity index (χ3v) is 5.19. The first kappa shape index (κ1) is 24.4. The molecule has 0 bridgehead atoms. The van der Waals surface area contributed by atoms with E-state index in [-0.39, 0.29) is 24.2 Å². The Morgan fingerprint density at radius 1 is 0.824 bits per heavy atom. The van der Waals surface area contributed by atoms with Crippen molar-refractivity contribution in [1.82, 2.24) is 10.6 Å². The third kappa shape index (κ3) is 6.90. The van der Waals surface area contributed by atoms with Crippen LogP contribution < -0.4 is 10.6 Å². The zero-order chi connectivity index (χ0) is 24.5. The summed E-state index contributed by atoms with van der Waals surface area (Å²) in [6, 6.07) is 18.2. The third-order valence-electron chi connectivity index (χ3n) is 5.19. The Balaban J connectivity index is 1.81. The molecule has 2 amide bonds. The lowest BCUT2D eigenvalue weighted by Gasteiger charge is -2.22. The number of phenols is 1. The zero-order valence-corrected chi connectivity index (χ0v) is 18.5. The number of amides is 2. The first-order valence-corrected chi connectivity index (χ1v) is 10.6. The molecule has 34 heavy (non-hydrogen) atoms. The highest BCUT2D eigenvalue weighted by Crippen LogP contribution is 2.13. The van der Waals surface area contributed by atoms with Gasteiger partial charge in [0.25, 0.3) is 5.91 Å². The Hall–Kier alpha value is -4.20. The van der Waals surface area contributed by atoms with E-state index in [1.165, 1.54) is 31.4 Å². The van der Waals surface area contributed by atoms with Gasteiger partial charge in [0, 0.05) is 18.4 Å². The van der Waals surface area contributed by atoms with E-state index in [1.807, 2.05) is 30.3 Å². The molecule has 0 spiro atoms. The fourth-order valence-electron chi connectivity index (χ4n) is 3.38. The average molecular weight is 464 g/mol. The monoisotopic (exact) mass is 464 g/mol. The van der Waals surface area contributed by atoms with Crippen LogP contribution in [-0.4, -0.2) is 42.1 Å². The van der Waals surface area contributed by atoms with Gasteiger partial charge in [-0.15, -0.1) is 0 Å². The quantitative estimate of drug-likeness (QED) is 0.423. The molecule has 3 aromatic rings. The normalized spacial score (nSPS) is 12.3. The van der Waals surface area contributed by atoms with Crippen molar-refractivity contribution >= 4 is 17.8 Å². The molecule has 0 aliphatic rings. The molecule has 7 nitrogen and oxygen atoms in total. The summed E-state index contributed by atoms with van der Waals surface area (Å²) in [6.45, 7) is 0. The van der Waals surface area contributed by atoms with Crippen LogP contribution in [0.25, 0.3) is 0 Å². The largest absolute Gasteiger partial charge is 0.508 e. The number of carbonyl (C=O) groups is 3. The highest BCUT2D eigenvalue weighted by Gasteiger charge is 2.28. The van der Waals surface area contributed by atoms with Crippen molar-refractivity contribution in [2.75, 3.05) is 7.11 Å². The van der Waals surface area contributed by atoms with Crippen LogP contribution in [0.5, 0.6) is 5.75 Å². The molecule has 0 radical (unpaired) electrons. The molecule has 0 saturated carbocycles. The minimum atomic E-state index is -1.05. The van der Waals surface area contributed by atoms with Gasteiger partial charge in [0.05, 0.1) is 7.11 Å². The van der Waals surface area contributed by atoms with E-state index in [2.05, 4.69) is 10.6 Å². The van der Waals surface area contributed by atoms with Crippen LogP contribution in [0, 0.1) is 5.82 Å². The second-order valence-corrected chi connectivity index (χ2v) is 7.68. The number of ether oxygens (including phenoxy) is 1. The Bertz CT molecular complexity index is 1120. The number of hydrogen-bond acceptors (Lipinski definition) is 5. The zero-order valence-electron chi connectivity index (χ0n) is 18.5. The van der Waals surface area contributed by atoms with Crippen molar-refractivity contribution in [1.29, 1.82) is 0 Å². The molecule has 0 heterocycles. The van der Waals surface area contributed by atoms with E-state index >= 15 is 0 Å². The van der Waals surface area contributed by atoms with E-state index < -0.39 is 35.7 Å². The molecule has 2 atom stereocenters. The molecule has 176 valence electrons. The lowest BCUT2D eigenvalue weighted by Crippen LogP contribution is -2.53. The predicted molar refractivity (Wildman–Crippen MR) is 124 cm³/mol. The summed E-state index contributed by atoms with van der Waals surface area (Å²) in [6.07, 6.45) is 0.301. The van der Waals surface area contributed by atoms with Gasteiger partial charge in [-0.1, -0.05) is 42.5 Å². The number of benzene rings is 3. The van der Waals surface area contributed by atoms with E-state index in [4.69, 9.17) is 4.74 Å². The molecule has 0 saturated heterocycles. The molecular formula is C26H25FN2O5. The summed E-state index contributed by atoms with van der Waals surface area (Å²) in [7, 11) is 1.23. The van der Waals surface area contributed by atoms with Crippen molar-refractivity contribution in [2.45, 2.75) is 24.9 Å². The Kier molecular flexibility index (Phi) is 8.34. The van der Waals surface area contributed by atoms with Gasteiger partial charge in [-0.25, -0.2) is 9.18 Å². The smallest absolute Gasteiger partial charge is 0.328 e. The molecule has 0 aliphatic carbocycles. The first-order chi connectivity index (χ1) is 16.4. The fourth-order valence-corrected chi connectivity index (χ4v) is 3.38. The van der Waals surface area contributed by atoms with E-state index in [0.29, 0.717) is 5.56 Å². The number of hydrogen-bond donors (Lipinski definition) is 3. The Morgan fingerprint density at radius 3 is 2.03 bits per heavy atom. The van der Waals surface area contributed by atoms with Crippen molar-refractivity contribution in [3.05, 3.63) is 101 Å². The van der Waals surface area contributed by atoms with Crippen LogP contribution in [0.3, 0.4) is 0 Å². The first-order valence-electron chi connectivity index (χ1n) is 10.6. The van der Waals surface area contributed by atoms with Gasteiger partial charge in [-0.3, -0.25) is 9.59 Å². The number of methoxy groups -OCH3 is 1. The number of halogens is 1. The molecular weight excluding hydrogens is 439 g/mol. The second-order valence-electron chi connectivity index (χ2n) is 7.68. The molecule has 3 rings (SSSR count). The fraction of sp³-hybridized carbons (Fsp3) is 0.192. The number of rotatable bonds is 9. The highest BCUT2D eigenvalue weighted by atomic mass is 19.1. The van der Waals surface area contributed by atoms with Crippen LogP contribution in [0.4, 0.5) is 4.39 Å². The minimum absolute atomic E-state index is 0.0636. The van der Waals surface area contributed by atoms with Gasteiger partial charge in [0.15, 0.2) is 0 Å². The van der Waals surface area contributed by atoms with Crippen molar-refractivity contribution < 1.29 is 28.6 Å². The summed E-state index contributed by atoms with van der Waals surface area (Å²) in [4.78, 5) is 38.3. The van der Waals surface area contributed by atoms with Crippen molar-refractivity contribution in [2.24, 2.45) is 0 Å². The van der Waals surface area contributed by atoms with Gasteiger partial charge in [-0.05, 0) is 47.5 Å². The van der Waals surface area contributed by atoms with E-state index in [1.54, 1.807) is 12.1 Å². The van der Waals surface area contributed by atoms with Gasteiger partial charge in [-0.2, -0.15) is 0 Å². The van der Waals surface area contributed by atoms with Crippen LogP contribution in [0.2, 0.25) is 0 Å². The Morgan fingerprint density at radius 2 is 1.41 bits per heavy atom. The van der Waals surface area contributed by atoms with Crippen LogP contribution in [-0.2, 0) is 27.2 Å². The lowest BCUT2D eigenvalue weighted by atomic mass is 10.0. The SMILES string of the molecule is COC(=O)[C@H](Cc1ccccc1)NC(=O)[C@H](Cc1ccc(O)cc1)NC(=O)c1ccc(F)cc1. The molecule has 3 N–H and O–H groups in total. The van der Waals surface area contributed by atoms with Crippen LogP contribution in [0.15, 0.2) is 78.9 Å². The number of aromatic hydroxyl groups is 1. The minimum Gasteiger partial charge on any atom is -0.508 e. The molecule has 0 aliphatic heterocycles. The number of phenolic OH excluding ortho intramolecular Hbond substituents is 1. The predicted octanol–water partition coefficient (Wildman–Crippen LogP) is 2.77.